The van der Waals surface area contributed by atoms with Crippen LogP contribution in [-0.2, 0) is 13.9 Å². The normalized spacial score (nSPS) is 15.2. The van der Waals surface area contributed by atoms with E-state index < -0.39 is 25.9 Å². The molecular formula is C5H15N2O7P. The number of phosphoric acid groups is 1. The van der Waals surface area contributed by atoms with E-state index in [9.17, 15) is 9.36 Å². The lowest BCUT2D eigenvalue weighted by molar-refractivity contribution is -0.141. The molecule has 0 aliphatic carbocycles. The molecule has 9 N–H and O–H groups in total. The summed E-state index contributed by atoms with van der Waals surface area (Å²) in [5.41, 5.74) is 10.2. The molecule has 0 aliphatic rings. The molecular weight excluding hydrogens is 231 g/mol. The summed E-state index contributed by atoms with van der Waals surface area (Å²) < 4.78 is 14.6. The number of nitrogens with two attached hydrogens (primary N) is 2. The molecule has 0 aliphatic heterocycles. The van der Waals surface area contributed by atoms with Crippen LogP contribution in [0.1, 0.15) is 6.42 Å². The average molecular weight is 246 g/mol. The van der Waals surface area contributed by atoms with Gasteiger partial charge >= 0.3 is 13.8 Å². The molecule has 15 heavy (non-hydrogen) atoms. The van der Waals surface area contributed by atoms with Gasteiger partial charge in [0, 0.05) is 0 Å². The zero-order valence-corrected chi connectivity index (χ0v) is 8.63. The molecule has 0 amide bonds. The highest BCUT2D eigenvalue weighted by Gasteiger charge is 2.30. The number of carboxylic acid groups (broad SMARTS) is 1. The summed E-state index contributed by atoms with van der Waals surface area (Å²) in [4.78, 5) is 27.3. The molecule has 0 fully saturated rings. The number of phosphoric ester groups is 1. The zero-order valence-electron chi connectivity index (χ0n) is 7.74. The molecule has 0 radical (unpaired) electrons. The van der Waals surface area contributed by atoms with Crippen LogP contribution in [0.4, 0.5) is 0 Å². The molecule has 0 aromatic heterocycles. The Hall–Kier alpha value is -0.540. The summed E-state index contributed by atoms with van der Waals surface area (Å²) >= 11 is 0. The van der Waals surface area contributed by atoms with Crippen molar-refractivity contribution in [2.24, 2.45) is 11.5 Å². The second kappa shape index (κ2) is 6.85. The smallest absolute Gasteiger partial charge is 0.469 e. The second-order valence-electron chi connectivity index (χ2n) is 2.58. The first-order valence-electron chi connectivity index (χ1n) is 3.70. The Morgan fingerprint density at radius 2 is 1.93 bits per heavy atom. The van der Waals surface area contributed by atoms with E-state index in [0.717, 1.165) is 0 Å². The van der Waals surface area contributed by atoms with E-state index >= 15 is 0 Å². The van der Waals surface area contributed by atoms with E-state index in [1.54, 1.807) is 0 Å². The first-order chi connectivity index (χ1) is 6.28. The van der Waals surface area contributed by atoms with Crippen molar-refractivity contribution in [2.45, 2.75) is 18.6 Å². The summed E-state index contributed by atoms with van der Waals surface area (Å²) in [7, 11) is -4.74. The fraction of sp³-hybridized carbons (Fsp3) is 0.800. The van der Waals surface area contributed by atoms with E-state index in [0.29, 0.717) is 0 Å². The summed E-state index contributed by atoms with van der Waals surface area (Å²) in [5.74, 6) is -1.41. The fourth-order valence-corrected chi connectivity index (χ4v) is 1.39. The van der Waals surface area contributed by atoms with Crippen molar-refractivity contribution in [1.29, 1.82) is 0 Å². The van der Waals surface area contributed by atoms with E-state index in [4.69, 9.17) is 26.4 Å². The van der Waals surface area contributed by atoms with Crippen LogP contribution < -0.4 is 11.5 Å². The third-order valence-corrected chi connectivity index (χ3v) is 1.96. The maximum Gasteiger partial charge on any atom is 0.469 e. The summed E-state index contributed by atoms with van der Waals surface area (Å²) in [6.07, 6.45) is -1.34. The van der Waals surface area contributed by atoms with Gasteiger partial charge < -0.3 is 31.8 Å². The fourth-order valence-electron chi connectivity index (χ4n) is 0.797. The number of rotatable bonds is 6. The summed E-state index contributed by atoms with van der Waals surface area (Å²) in [5, 5.41) is 8.48. The van der Waals surface area contributed by atoms with Gasteiger partial charge in [0.15, 0.2) is 0 Å². The number of carbonyl (C=O) groups is 1. The molecule has 9 nitrogen and oxygen atoms in total. The largest absolute Gasteiger partial charge is 0.480 e. The van der Waals surface area contributed by atoms with Crippen molar-refractivity contribution in [3.05, 3.63) is 0 Å². The Morgan fingerprint density at radius 3 is 2.20 bits per heavy atom. The molecule has 0 heterocycles. The predicted octanol–water partition coefficient (Wildman–Crippen LogP) is -2.60. The molecule has 0 spiro atoms. The van der Waals surface area contributed by atoms with Crippen LogP contribution in [0.15, 0.2) is 0 Å². The predicted molar refractivity (Wildman–Crippen MR) is 49.8 cm³/mol. The van der Waals surface area contributed by atoms with Crippen LogP contribution in [0, 0.1) is 0 Å². The quantitative estimate of drug-likeness (QED) is 0.315. The maximum absolute atomic E-state index is 10.4. The number of hydrogen-bond acceptors (Lipinski definition) is 5. The van der Waals surface area contributed by atoms with Gasteiger partial charge in [0.05, 0.1) is 6.10 Å². The van der Waals surface area contributed by atoms with Crippen molar-refractivity contribution in [3.63, 3.8) is 0 Å². The SMILES string of the molecule is NCCC(OP(=O)(O)O)[C@H](N)C(=O)O.O. The maximum atomic E-state index is 10.4. The van der Waals surface area contributed by atoms with Gasteiger partial charge in [-0.3, -0.25) is 9.32 Å². The lowest BCUT2D eigenvalue weighted by Gasteiger charge is -2.20. The number of carboxylic acids is 1. The van der Waals surface area contributed by atoms with Crippen molar-refractivity contribution >= 4 is 13.8 Å². The molecule has 0 saturated heterocycles. The average Bonchev–Trinajstić information content (AvgIpc) is 1.99. The highest BCUT2D eigenvalue weighted by atomic mass is 31.2. The van der Waals surface area contributed by atoms with Gasteiger partial charge in [0.25, 0.3) is 0 Å². The van der Waals surface area contributed by atoms with E-state index in [1.165, 1.54) is 0 Å². The Kier molecular flexibility index (Phi) is 7.71. The standard InChI is InChI=1S/C5H13N2O6P.H2O/c6-2-1-3(4(7)5(8)9)13-14(10,11)12;/h3-4H,1-2,6-7H2,(H,8,9)(H2,10,11,12);1H2/t3?,4-;/m0./s1. The van der Waals surface area contributed by atoms with E-state index in [2.05, 4.69) is 4.52 Å². The van der Waals surface area contributed by atoms with Gasteiger partial charge in [0.1, 0.15) is 6.04 Å². The highest BCUT2D eigenvalue weighted by molar-refractivity contribution is 7.46. The minimum Gasteiger partial charge on any atom is -0.480 e. The molecule has 0 rings (SSSR count). The molecule has 0 saturated carbocycles. The summed E-state index contributed by atoms with van der Waals surface area (Å²) in [6, 6.07) is -1.51. The van der Waals surface area contributed by atoms with Gasteiger partial charge in [-0.1, -0.05) is 0 Å². The molecule has 0 aromatic rings. The van der Waals surface area contributed by atoms with Crippen molar-refractivity contribution in [1.82, 2.24) is 0 Å². The molecule has 1 unspecified atom stereocenters. The van der Waals surface area contributed by atoms with Gasteiger partial charge in [-0.15, -0.1) is 0 Å². The third kappa shape index (κ3) is 7.40. The molecule has 0 bridgehead atoms. The molecule has 2 atom stereocenters. The highest BCUT2D eigenvalue weighted by Crippen LogP contribution is 2.38. The Morgan fingerprint density at radius 1 is 1.47 bits per heavy atom. The molecule has 92 valence electrons. The van der Waals surface area contributed by atoms with Crippen LogP contribution >= 0.6 is 7.82 Å². The minimum absolute atomic E-state index is 0. The lowest BCUT2D eigenvalue weighted by atomic mass is 10.1. The number of aliphatic carboxylic acids is 1. The monoisotopic (exact) mass is 246 g/mol. The van der Waals surface area contributed by atoms with Crippen LogP contribution in [0.2, 0.25) is 0 Å². The first-order valence-corrected chi connectivity index (χ1v) is 5.23. The molecule has 10 heteroatoms. The topological polar surface area (TPSA) is 188 Å². The van der Waals surface area contributed by atoms with Crippen LogP contribution in [0.5, 0.6) is 0 Å². The summed E-state index contributed by atoms with van der Waals surface area (Å²) in [6.45, 7) is 0.0195. The van der Waals surface area contributed by atoms with Crippen LogP contribution in [0.3, 0.4) is 0 Å². The van der Waals surface area contributed by atoms with Crippen molar-refractivity contribution in [3.8, 4) is 0 Å². The zero-order chi connectivity index (χ0) is 11.4. The van der Waals surface area contributed by atoms with Crippen LogP contribution in [-0.4, -0.2) is 45.0 Å². The van der Waals surface area contributed by atoms with Gasteiger partial charge in [-0.25, -0.2) is 4.57 Å². The Bertz CT molecular complexity index is 242. The minimum atomic E-state index is -4.74. The lowest BCUT2D eigenvalue weighted by Crippen LogP contribution is -2.43. The van der Waals surface area contributed by atoms with Crippen molar-refractivity contribution in [2.75, 3.05) is 6.54 Å². The number of hydrogen-bond donors (Lipinski definition) is 5. The third-order valence-electron chi connectivity index (χ3n) is 1.41. The first kappa shape index (κ1) is 16.9. The Labute approximate surface area is 85.6 Å². The van der Waals surface area contributed by atoms with E-state index in [-0.39, 0.29) is 18.4 Å². The van der Waals surface area contributed by atoms with Gasteiger partial charge in [-0.2, -0.15) is 0 Å². The van der Waals surface area contributed by atoms with Gasteiger partial charge in [0.2, 0.25) is 0 Å². The van der Waals surface area contributed by atoms with Crippen LogP contribution in [0.25, 0.3) is 0 Å². The molecule has 0 aromatic carbocycles. The second-order valence-corrected chi connectivity index (χ2v) is 3.77. The van der Waals surface area contributed by atoms with E-state index in [1.807, 2.05) is 0 Å². The van der Waals surface area contributed by atoms with Crippen molar-refractivity contribution < 1.29 is 34.3 Å². The Balaban J connectivity index is 0. The van der Waals surface area contributed by atoms with Gasteiger partial charge in [-0.05, 0) is 13.0 Å².